The first-order chi connectivity index (χ1) is 8.81. The van der Waals surface area contributed by atoms with E-state index in [4.69, 9.17) is 0 Å². The average molecular weight is 285 g/mol. The molecule has 0 heterocycles. The third-order valence-electron chi connectivity index (χ3n) is 4.75. The molecule has 0 aromatic carbocycles. The van der Waals surface area contributed by atoms with Crippen molar-refractivity contribution in [3.8, 4) is 0 Å². The van der Waals surface area contributed by atoms with Gasteiger partial charge < -0.3 is 5.32 Å². The van der Waals surface area contributed by atoms with E-state index in [2.05, 4.69) is 25.2 Å². The molecule has 0 saturated heterocycles. The quantitative estimate of drug-likeness (QED) is 0.762. The predicted octanol–water partition coefficient (Wildman–Crippen LogP) is 2.39. The Kier molecular flexibility index (Phi) is 4.41. The van der Waals surface area contributed by atoms with Gasteiger partial charge in [0.05, 0.1) is 5.75 Å². The maximum absolute atomic E-state index is 11.4. The number of allylic oxidation sites excluding steroid dienone is 1. The second-order valence-corrected chi connectivity index (χ2v) is 8.95. The standard InChI is InChI=1S/C15H27NO2S/c1-12-5-4-6-13(2)14(12)9-16-10-15(7-8-15)11-19(3,17)18/h5,13-14,16H,4,6-11H2,1-3H3/t13-,14-/m0/s1. The zero-order valence-corrected chi connectivity index (χ0v) is 13.2. The molecule has 1 saturated carbocycles. The van der Waals surface area contributed by atoms with Crippen molar-refractivity contribution in [1.82, 2.24) is 5.32 Å². The summed E-state index contributed by atoms with van der Waals surface area (Å²) in [4.78, 5) is 0. The largest absolute Gasteiger partial charge is 0.316 e. The molecular formula is C15H27NO2S. The Morgan fingerprint density at radius 1 is 1.42 bits per heavy atom. The summed E-state index contributed by atoms with van der Waals surface area (Å²) in [6, 6.07) is 0. The summed E-state index contributed by atoms with van der Waals surface area (Å²) in [6.45, 7) is 6.41. The van der Waals surface area contributed by atoms with Crippen molar-refractivity contribution in [1.29, 1.82) is 0 Å². The monoisotopic (exact) mass is 285 g/mol. The third kappa shape index (κ3) is 4.32. The Hall–Kier alpha value is -0.350. The zero-order valence-electron chi connectivity index (χ0n) is 12.4. The van der Waals surface area contributed by atoms with E-state index in [-0.39, 0.29) is 5.41 Å². The first-order valence-electron chi connectivity index (χ1n) is 7.36. The Morgan fingerprint density at radius 3 is 2.63 bits per heavy atom. The van der Waals surface area contributed by atoms with Crippen LogP contribution < -0.4 is 5.32 Å². The lowest BCUT2D eigenvalue weighted by molar-refractivity contribution is 0.339. The van der Waals surface area contributed by atoms with Gasteiger partial charge in [-0.3, -0.25) is 0 Å². The lowest BCUT2D eigenvalue weighted by atomic mass is 9.80. The fraction of sp³-hybridized carbons (Fsp3) is 0.867. The van der Waals surface area contributed by atoms with E-state index >= 15 is 0 Å². The molecule has 0 amide bonds. The van der Waals surface area contributed by atoms with Gasteiger partial charge in [-0.1, -0.05) is 18.6 Å². The van der Waals surface area contributed by atoms with Crippen LogP contribution in [0, 0.1) is 17.3 Å². The normalized spacial score (nSPS) is 29.9. The van der Waals surface area contributed by atoms with Crippen LogP contribution in [-0.4, -0.2) is 33.5 Å². The molecule has 4 heteroatoms. The molecular weight excluding hydrogens is 258 g/mol. The van der Waals surface area contributed by atoms with Crippen LogP contribution in [0.25, 0.3) is 0 Å². The number of hydrogen-bond acceptors (Lipinski definition) is 3. The second-order valence-electron chi connectivity index (χ2n) is 6.81. The van der Waals surface area contributed by atoms with Crippen molar-refractivity contribution in [2.24, 2.45) is 17.3 Å². The van der Waals surface area contributed by atoms with E-state index in [0.717, 1.165) is 31.8 Å². The maximum Gasteiger partial charge on any atom is 0.148 e. The van der Waals surface area contributed by atoms with Crippen molar-refractivity contribution >= 4 is 9.84 Å². The highest BCUT2D eigenvalue weighted by molar-refractivity contribution is 7.90. The minimum atomic E-state index is -2.85. The smallest absolute Gasteiger partial charge is 0.148 e. The summed E-state index contributed by atoms with van der Waals surface area (Å²) in [6.07, 6.45) is 8.31. The minimum Gasteiger partial charge on any atom is -0.316 e. The van der Waals surface area contributed by atoms with Crippen LogP contribution in [0.1, 0.15) is 39.5 Å². The van der Waals surface area contributed by atoms with Crippen molar-refractivity contribution in [3.63, 3.8) is 0 Å². The van der Waals surface area contributed by atoms with E-state index in [1.165, 1.54) is 24.7 Å². The highest BCUT2D eigenvalue weighted by Gasteiger charge is 2.44. The van der Waals surface area contributed by atoms with Crippen LogP contribution >= 0.6 is 0 Å². The summed E-state index contributed by atoms with van der Waals surface area (Å²) >= 11 is 0. The van der Waals surface area contributed by atoms with Crippen molar-refractivity contribution in [3.05, 3.63) is 11.6 Å². The lowest BCUT2D eigenvalue weighted by Gasteiger charge is -2.29. The number of hydrogen-bond donors (Lipinski definition) is 1. The van der Waals surface area contributed by atoms with Gasteiger partial charge in [-0.25, -0.2) is 8.42 Å². The summed E-state index contributed by atoms with van der Waals surface area (Å²) in [5, 5.41) is 3.54. The Balaban J connectivity index is 1.81. The summed E-state index contributed by atoms with van der Waals surface area (Å²) in [7, 11) is -2.85. The van der Waals surface area contributed by atoms with E-state index in [1.807, 2.05) is 0 Å². The summed E-state index contributed by atoms with van der Waals surface area (Å²) < 4.78 is 22.8. The van der Waals surface area contributed by atoms with Gasteiger partial charge in [-0.05, 0) is 49.9 Å². The minimum absolute atomic E-state index is 0.0447. The van der Waals surface area contributed by atoms with Crippen LogP contribution in [0.3, 0.4) is 0 Å². The highest BCUT2D eigenvalue weighted by Crippen LogP contribution is 2.46. The molecule has 2 atom stereocenters. The molecule has 0 spiro atoms. The maximum atomic E-state index is 11.4. The molecule has 110 valence electrons. The van der Waals surface area contributed by atoms with Gasteiger partial charge in [0.25, 0.3) is 0 Å². The zero-order chi connectivity index (χ0) is 14.1. The van der Waals surface area contributed by atoms with Crippen LogP contribution in [0.4, 0.5) is 0 Å². The van der Waals surface area contributed by atoms with Crippen LogP contribution in [0.15, 0.2) is 11.6 Å². The van der Waals surface area contributed by atoms with Gasteiger partial charge in [-0.15, -0.1) is 0 Å². The van der Waals surface area contributed by atoms with E-state index in [9.17, 15) is 8.42 Å². The molecule has 2 aliphatic carbocycles. The fourth-order valence-electron chi connectivity index (χ4n) is 3.34. The average Bonchev–Trinajstić information content (AvgIpc) is 3.00. The molecule has 0 aromatic rings. The van der Waals surface area contributed by atoms with E-state index in [0.29, 0.717) is 11.7 Å². The van der Waals surface area contributed by atoms with E-state index in [1.54, 1.807) is 0 Å². The molecule has 1 fully saturated rings. The summed E-state index contributed by atoms with van der Waals surface area (Å²) in [5.41, 5.74) is 1.54. The van der Waals surface area contributed by atoms with Gasteiger partial charge in [-0.2, -0.15) is 0 Å². The predicted molar refractivity (Wildman–Crippen MR) is 79.9 cm³/mol. The molecule has 0 radical (unpaired) electrons. The number of rotatable bonds is 6. The Bertz CT molecular complexity index is 449. The molecule has 19 heavy (non-hydrogen) atoms. The van der Waals surface area contributed by atoms with Gasteiger partial charge >= 0.3 is 0 Å². The van der Waals surface area contributed by atoms with Crippen LogP contribution in [-0.2, 0) is 9.84 Å². The highest BCUT2D eigenvalue weighted by atomic mass is 32.2. The van der Waals surface area contributed by atoms with Crippen LogP contribution in [0.2, 0.25) is 0 Å². The van der Waals surface area contributed by atoms with Gasteiger partial charge in [0, 0.05) is 19.3 Å². The molecule has 1 N–H and O–H groups in total. The van der Waals surface area contributed by atoms with Crippen LogP contribution in [0.5, 0.6) is 0 Å². The molecule has 0 unspecified atom stereocenters. The summed E-state index contributed by atoms with van der Waals surface area (Å²) in [5.74, 6) is 1.72. The number of nitrogens with one attached hydrogen (secondary N) is 1. The fourth-order valence-corrected chi connectivity index (χ4v) is 4.84. The van der Waals surface area contributed by atoms with Crippen molar-refractivity contribution in [2.45, 2.75) is 39.5 Å². The first-order valence-corrected chi connectivity index (χ1v) is 9.42. The molecule has 0 aliphatic heterocycles. The van der Waals surface area contributed by atoms with Crippen molar-refractivity contribution in [2.75, 3.05) is 25.1 Å². The van der Waals surface area contributed by atoms with E-state index < -0.39 is 9.84 Å². The first kappa shape index (κ1) is 15.0. The van der Waals surface area contributed by atoms with Gasteiger partial charge in [0.2, 0.25) is 0 Å². The molecule has 2 rings (SSSR count). The van der Waals surface area contributed by atoms with Gasteiger partial charge in [0.1, 0.15) is 9.84 Å². The Morgan fingerprint density at radius 2 is 2.11 bits per heavy atom. The van der Waals surface area contributed by atoms with Gasteiger partial charge in [0.15, 0.2) is 0 Å². The topological polar surface area (TPSA) is 46.2 Å². The second kappa shape index (κ2) is 5.57. The molecule has 2 aliphatic rings. The van der Waals surface area contributed by atoms with Crippen molar-refractivity contribution < 1.29 is 8.42 Å². The molecule has 3 nitrogen and oxygen atoms in total. The lowest BCUT2D eigenvalue weighted by Crippen LogP contribution is -2.35. The third-order valence-corrected chi connectivity index (χ3v) is 5.89. The number of sulfone groups is 1. The SMILES string of the molecule is CC1=CCC[C@H](C)[C@H]1CNCC1(CS(C)(=O)=O)CC1. The molecule has 0 aromatic heterocycles. The molecule has 0 bridgehead atoms. The Labute approximate surface area is 117 Å².